The maximum Gasteiger partial charge on any atom is 0.355 e. The third-order valence-electron chi connectivity index (χ3n) is 3.18. The van der Waals surface area contributed by atoms with E-state index in [1.165, 1.54) is 14.0 Å². The first-order valence-electron chi connectivity index (χ1n) is 6.80. The van der Waals surface area contributed by atoms with Crippen LogP contribution < -0.4 is 0 Å². The number of carbonyl (C=O) groups is 4. The molecule has 0 unspecified atom stereocenters. The Labute approximate surface area is 131 Å². The first-order valence-corrected chi connectivity index (χ1v) is 6.80. The Kier molecular flexibility index (Phi) is 4.63. The van der Waals surface area contributed by atoms with Gasteiger partial charge >= 0.3 is 11.9 Å². The van der Waals surface area contributed by atoms with Crippen molar-refractivity contribution < 1.29 is 33.4 Å². The number of esters is 2. The van der Waals surface area contributed by atoms with E-state index in [0.717, 1.165) is 6.08 Å². The molecule has 122 valence electrons. The van der Waals surface area contributed by atoms with Crippen molar-refractivity contribution in [1.82, 2.24) is 4.98 Å². The first kappa shape index (κ1) is 16.5. The average molecular weight is 321 g/mol. The molecule has 0 saturated heterocycles. The van der Waals surface area contributed by atoms with Gasteiger partial charge in [-0.15, -0.1) is 0 Å². The van der Waals surface area contributed by atoms with E-state index in [2.05, 4.69) is 4.98 Å². The standard InChI is InChI=1S/C15H15NO7/c1-4-22-15(20)12-8(6-23-7(2)17)11-13(16-12)9(18)5-10(21-3)14(11)19/h5,16H,4,6H2,1-3H3. The zero-order chi connectivity index (χ0) is 17.1. The number of methoxy groups -OCH3 is 1. The fraction of sp³-hybridized carbons (Fsp3) is 0.333. The minimum atomic E-state index is -0.747. The normalized spacial score (nSPS) is 13.3. The highest BCUT2D eigenvalue weighted by molar-refractivity contribution is 6.24. The Hall–Kier alpha value is -2.90. The number of ether oxygens (including phenoxy) is 3. The molecule has 0 radical (unpaired) electrons. The van der Waals surface area contributed by atoms with Gasteiger partial charge in [-0.2, -0.15) is 0 Å². The van der Waals surface area contributed by atoms with Gasteiger partial charge in [-0.1, -0.05) is 0 Å². The second-order valence-corrected chi connectivity index (χ2v) is 4.64. The van der Waals surface area contributed by atoms with Crippen molar-refractivity contribution in [2.24, 2.45) is 0 Å². The number of fused-ring (bicyclic) bond motifs is 1. The summed E-state index contributed by atoms with van der Waals surface area (Å²) in [6.45, 7) is 2.58. The lowest BCUT2D eigenvalue weighted by Crippen LogP contribution is -2.19. The van der Waals surface area contributed by atoms with Crippen LogP contribution in [0.3, 0.4) is 0 Å². The summed E-state index contributed by atoms with van der Waals surface area (Å²) in [5, 5.41) is 0. The molecule has 0 aromatic carbocycles. The molecule has 1 heterocycles. The lowest BCUT2D eigenvalue weighted by atomic mass is 9.96. The van der Waals surface area contributed by atoms with Gasteiger partial charge in [0.1, 0.15) is 12.3 Å². The van der Waals surface area contributed by atoms with Crippen molar-refractivity contribution in [1.29, 1.82) is 0 Å². The highest BCUT2D eigenvalue weighted by Crippen LogP contribution is 2.28. The van der Waals surface area contributed by atoms with E-state index in [1.54, 1.807) is 6.92 Å². The second-order valence-electron chi connectivity index (χ2n) is 4.64. The Bertz CT molecular complexity index is 726. The number of aromatic amines is 1. The van der Waals surface area contributed by atoms with E-state index in [9.17, 15) is 19.2 Å². The minimum absolute atomic E-state index is 0.0429. The van der Waals surface area contributed by atoms with Gasteiger partial charge in [-0.25, -0.2) is 4.79 Å². The van der Waals surface area contributed by atoms with Gasteiger partial charge in [-0.05, 0) is 6.92 Å². The molecule has 0 amide bonds. The van der Waals surface area contributed by atoms with Gasteiger partial charge < -0.3 is 19.2 Å². The van der Waals surface area contributed by atoms with Gasteiger partial charge in [0.25, 0.3) is 0 Å². The van der Waals surface area contributed by atoms with Crippen LogP contribution in [0.25, 0.3) is 0 Å². The fourth-order valence-corrected chi connectivity index (χ4v) is 2.20. The smallest absolute Gasteiger partial charge is 0.355 e. The topological polar surface area (TPSA) is 112 Å². The molecule has 2 rings (SSSR count). The molecule has 1 aromatic rings. The van der Waals surface area contributed by atoms with Crippen LogP contribution in [-0.2, 0) is 25.6 Å². The van der Waals surface area contributed by atoms with Gasteiger partial charge in [0.15, 0.2) is 5.76 Å². The molecular weight excluding hydrogens is 306 g/mol. The largest absolute Gasteiger partial charge is 0.492 e. The molecule has 8 nitrogen and oxygen atoms in total. The number of nitrogens with one attached hydrogen (secondary N) is 1. The van der Waals surface area contributed by atoms with Crippen LogP contribution in [0.15, 0.2) is 11.8 Å². The highest BCUT2D eigenvalue weighted by atomic mass is 16.5. The SMILES string of the molecule is CCOC(=O)c1[nH]c2c(c1COC(C)=O)C(=O)C(OC)=CC2=O. The summed E-state index contributed by atoms with van der Waals surface area (Å²) in [6.07, 6.45) is 1.03. The van der Waals surface area contributed by atoms with Crippen LogP contribution in [0.2, 0.25) is 0 Å². The van der Waals surface area contributed by atoms with Gasteiger partial charge in [0.05, 0.1) is 25.0 Å². The van der Waals surface area contributed by atoms with Gasteiger partial charge in [0.2, 0.25) is 11.6 Å². The van der Waals surface area contributed by atoms with Crippen molar-refractivity contribution in [3.8, 4) is 0 Å². The Balaban J connectivity index is 2.57. The predicted molar refractivity (Wildman–Crippen MR) is 76.0 cm³/mol. The number of allylic oxidation sites excluding steroid dienone is 2. The molecule has 1 aromatic heterocycles. The molecule has 1 aliphatic rings. The van der Waals surface area contributed by atoms with E-state index in [-0.39, 0.29) is 41.5 Å². The molecular formula is C15H15NO7. The van der Waals surface area contributed by atoms with Crippen molar-refractivity contribution in [3.63, 3.8) is 0 Å². The summed E-state index contributed by atoms with van der Waals surface area (Å²) < 4.78 is 14.7. The van der Waals surface area contributed by atoms with Crippen LogP contribution in [0.1, 0.15) is 50.7 Å². The fourth-order valence-electron chi connectivity index (χ4n) is 2.20. The first-order chi connectivity index (χ1) is 10.9. The number of hydrogen-bond donors (Lipinski definition) is 1. The number of carbonyl (C=O) groups excluding carboxylic acids is 4. The third-order valence-corrected chi connectivity index (χ3v) is 3.18. The summed E-state index contributed by atoms with van der Waals surface area (Å²) in [5.41, 5.74) is -0.0974. The summed E-state index contributed by atoms with van der Waals surface area (Å²) >= 11 is 0. The molecule has 0 bridgehead atoms. The second kappa shape index (κ2) is 6.47. The molecule has 0 atom stereocenters. The molecule has 0 spiro atoms. The predicted octanol–water partition coefficient (Wildman–Crippen LogP) is 1.16. The summed E-state index contributed by atoms with van der Waals surface area (Å²) in [6, 6.07) is 0. The number of H-pyrrole nitrogens is 1. The monoisotopic (exact) mass is 321 g/mol. The molecule has 1 aliphatic carbocycles. The van der Waals surface area contributed by atoms with Crippen molar-refractivity contribution in [3.05, 3.63) is 34.3 Å². The molecule has 1 N–H and O–H groups in total. The number of Topliss-reactive ketones (excluding diaryl/α,β-unsaturated/α-hetero) is 1. The van der Waals surface area contributed by atoms with E-state index < -0.39 is 23.5 Å². The van der Waals surface area contributed by atoms with E-state index in [0.29, 0.717) is 0 Å². The van der Waals surface area contributed by atoms with E-state index in [4.69, 9.17) is 14.2 Å². The third kappa shape index (κ3) is 3.01. The Morgan fingerprint density at radius 1 is 1.22 bits per heavy atom. The maximum absolute atomic E-state index is 12.4. The van der Waals surface area contributed by atoms with Crippen molar-refractivity contribution in [2.75, 3.05) is 13.7 Å². The van der Waals surface area contributed by atoms with E-state index in [1.807, 2.05) is 0 Å². The van der Waals surface area contributed by atoms with E-state index >= 15 is 0 Å². The van der Waals surface area contributed by atoms with Crippen LogP contribution in [0.5, 0.6) is 0 Å². The number of rotatable bonds is 5. The van der Waals surface area contributed by atoms with Crippen LogP contribution in [0.4, 0.5) is 0 Å². The highest BCUT2D eigenvalue weighted by Gasteiger charge is 2.35. The van der Waals surface area contributed by atoms with Crippen LogP contribution >= 0.6 is 0 Å². The lowest BCUT2D eigenvalue weighted by molar-refractivity contribution is -0.142. The number of hydrogen-bond acceptors (Lipinski definition) is 7. The van der Waals surface area contributed by atoms with Crippen molar-refractivity contribution in [2.45, 2.75) is 20.5 Å². The summed E-state index contributed by atoms with van der Waals surface area (Å²) in [7, 11) is 1.26. The number of aromatic nitrogens is 1. The molecule has 0 saturated carbocycles. The average Bonchev–Trinajstić information content (AvgIpc) is 2.89. The Morgan fingerprint density at radius 2 is 1.91 bits per heavy atom. The zero-order valence-corrected chi connectivity index (χ0v) is 12.8. The lowest BCUT2D eigenvalue weighted by Gasteiger charge is -2.12. The van der Waals surface area contributed by atoms with Crippen molar-refractivity contribution >= 4 is 23.5 Å². The van der Waals surface area contributed by atoms with Gasteiger partial charge in [-0.3, -0.25) is 14.4 Å². The number of ketones is 2. The minimum Gasteiger partial charge on any atom is -0.492 e. The van der Waals surface area contributed by atoms with Crippen LogP contribution in [0, 0.1) is 0 Å². The maximum atomic E-state index is 12.4. The van der Waals surface area contributed by atoms with Crippen LogP contribution in [-0.4, -0.2) is 42.2 Å². The summed E-state index contributed by atoms with van der Waals surface area (Å²) in [4.78, 5) is 50.1. The summed E-state index contributed by atoms with van der Waals surface area (Å²) in [5.74, 6) is -2.58. The Morgan fingerprint density at radius 3 is 2.48 bits per heavy atom. The molecule has 23 heavy (non-hydrogen) atoms. The molecule has 0 fully saturated rings. The molecule has 0 aliphatic heterocycles. The van der Waals surface area contributed by atoms with Gasteiger partial charge in [0, 0.05) is 18.6 Å². The quantitative estimate of drug-likeness (QED) is 0.810. The zero-order valence-electron chi connectivity index (χ0n) is 12.8. The molecule has 8 heteroatoms.